The average molecular weight is 257 g/mol. The molecular weight excluding hydrogens is 238 g/mol. The van der Waals surface area contributed by atoms with Crippen LogP contribution >= 0.6 is 0 Å². The molecule has 0 bridgehead atoms. The third kappa shape index (κ3) is 2.50. The molecule has 0 amide bonds. The van der Waals surface area contributed by atoms with Crippen molar-refractivity contribution in [2.75, 3.05) is 0 Å². The SMILES string of the molecule is CC(C)(C)OC(=O)n1ccc2cc(C3CC3)ccc21. The first-order valence-electron chi connectivity index (χ1n) is 6.78. The molecule has 100 valence electrons. The van der Waals surface area contributed by atoms with Gasteiger partial charge in [0.15, 0.2) is 0 Å². The summed E-state index contributed by atoms with van der Waals surface area (Å²) in [6.45, 7) is 5.63. The number of hydrogen-bond acceptors (Lipinski definition) is 2. The molecule has 1 fully saturated rings. The van der Waals surface area contributed by atoms with E-state index in [4.69, 9.17) is 4.74 Å². The molecule has 2 aromatic rings. The number of ether oxygens (including phenoxy) is 1. The molecule has 0 atom stereocenters. The topological polar surface area (TPSA) is 31.2 Å². The van der Waals surface area contributed by atoms with Crippen LogP contribution in [-0.4, -0.2) is 16.3 Å². The maximum absolute atomic E-state index is 12.1. The Balaban J connectivity index is 1.94. The van der Waals surface area contributed by atoms with Gasteiger partial charge in [-0.15, -0.1) is 0 Å². The van der Waals surface area contributed by atoms with Gasteiger partial charge in [-0.05, 0) is 63.3 Å². The molecule has 0 saturated heterocycles. The van der Waals surface area contributed by atoms with Crippen LogP contribution in [0.4, 0.5) is 4.79 Å². The molecule has 0 N–H and O–H groups in total. The van der Waals surface area contributed by atoms with Crippen LogP contribution in [0.2, 0.25) is 0 Å². The molecule has 1 heterocycles. The second-order valence-electron chi connectivity index (χ2n) is 6.26. The Labute approximate surface area is 113 Å². The van der Waals surface area contributed by atoms with Crippen molar-refractivity contribution < 1.29 is 9.53 Å². The van der Waals surface area contributed by atoms with E-state index >= 15 is 0 Å². The van der Waals surface area contributed by atoms with E-state index in [9.17, 15) is 4.79 Å². The molecule has 19 heavy (non-hydrogen) atoms. The number of aromatic nitrogens is 1. The molecule has 1 saturated carbocycles. The van der Waals surface area contributed by atoms with E-state index in [1.54, 1.807) is 10.8 Å². The van der Waals surface area contributed by atoms with E-state index in [1.165, 1.54) is 18.4 Å². The highest BCUT2D eigenvalue weighted by atomic mass is 16.6. The number of benzene rings is 1. The first kappa shape index (κ1) is 12.3. The largest absolute Gasteiger partial charge is 0.443 e. The van der Waals surface area contributed by atoms with E-state index in [0.29, 0.717) is 0 Å². The van der Waals surface area contributed by atoms with E-state index in [-0.39, 0.29) is 6.09 Å². The highest BCUT2D eigenvalue weighted by molar-refractivity contribution is 5.90. The Bertz CT molecular complexity index is 630. The molecule has 1 aromatic heterocycles. The van der Waals surface area contributed by atoms with Crippen molar-refractivity contribution in [3.63, 3.8) is 0 Å². The summed E-state index contributed by atoms with van der Waals surface area (Å²) in [4.78, 5) is 12.1. The number of rotatable bonds is 1. The predicted octanol–water partition coefficient (Wildman–Crippen LogP) is 4.30. The second kappa shape index (κ2) is 4.12. The van der Waals surface area contributed by atoms with Gasteiger partial charge in [-0.3, -0.25) is 4.57 Å². The van der Waals surface area contributed by atoms with Crippen LogP contribution in [0, 0.1) is 0 Å². The van der Waals surface area contributed by atoms with Gasteiger partial charge >= 0.3 is 6.09 Å². The third-order valence-corrected chi connectivity index (χ3v) is 3.35. The lowest BCUT2D eigenvalue weighted by atomic mass is 10.1. The summed E-state index contributed by atoms with van der Waals surface area (Å²) in [5.74, 6) is 0.731. The molecule has 0 radical (unpaired) electrons. The van der Waals surface area contributed by atoms with Crippen molar-refractivity contribution in [2.45, 2.75) is 45.1 Å². The van der Waals surface area contributed by atoms with Crippen molar-refractivity contribution >= 4 is 17.0 Å². The first-order chi connectivity index (χ1) is 8.94. The minimum Gasteiger partial charge on any atom is -0.443 e. The number of carbonyl (C=O) groups is 1. The predicted molar refractivity (Wildman–Crippen MR) is 75.5 cm³/mol. The molecule has 1 aliphatic rings. The van der Waals surface area contributed by atoms with Gasteiger partial charge in [0.2, 0.25) is 0 Å². The van der Waals surface area contributed by atoms with Gasteiger partial charge in [0.25, 0.3) is 0 Å². The lowest BCUT2D eigenvalue weighted by molar-refractivity contribution is 0.0544. The summed E-state index contributed by atoms with van der Waals surface area (Å²) < 4.78 is 6.98. The lowest BCUT2D eigenvalue weighted by Gasteiger charge is -2.19. The molecule has 0 unspecified atom stereocenters. The minimum absolute atomic E-state index is 0.318. The fraction of sp³-hybridized carbons (Fsp3) is 0.438. The molecule has 1 aromatic carbocycles. The van der Waals surface area contributed by atoms with Crippen molar-refractivity contribution in [3.05, 3.63) is 36.0 Å². The van der Waals surface area contributed by atoms with E-state index in [2.05, 4.69) is 12.1 Å². The Morgan fingerprint density at radius 3 is 2.63 bits per heavy atom. The summed E-state index contributed by atoms with van der Waals surface area (Å²) in [5, 5.41) is 1.11. The summed E-state index contributed by atoms with van der Waals surface area (Å²) in [7, 11) is 0. The van der Waals surface area contributed by atoms with Gasteiger partial charge in [-0.1, -0.05) is 6.07 Å². The van der Waals surface area contributed by atoms with Gasteiger partial charge in [-0.2, -0.15) is 0 Å². The van der Waals surface area contributed by atoms with Gasteiger partial charge in [0.05, 0.1) is 5.52 Å². The molecule has 1 aliphatic carbocycles. The average Bonchev–Trinajstić information content (AvgIpc) is 3.06. The van der Waals surface area contributed by atoms with E-state index in [1.807, 2.05) is 32.9 Å². The Morgan fingerprint density at radius 1 is 1.26 bits per heavy atom. The van der Waals surface area contributed by atoms with Crippen molar-refractivity contribution in [2.24, 2.45) is 0 Å². The number of carbonyl (C=O) groups excluding carboxylic acids is 1. The number of fused-ring (bicyclic) bond motifs is 1. The van der Waals surface area contributed by atoms with Gasteiger partial charge in [-0.25, -0.2) is 4.79 Å². The first-order valence-corrected chi connectivity index (χ1v) is 6.78. The number of hydrogen-bond donors (Lipinski definition) is 0. The van der Waals surface area contributed by atoms with Crippen LogP contribution in [0.15, 0.2) is 30.5 Å². The maximum Gasteiger partial charge on any atom is 0.418 e. The standard InChI is InChI=1S/C16H19NO2/c1-16(2,3)19-15(18)17-9-8-13-10-12(11-4-5-11)6-7-14(13)17/h6-11H,4-5H2,1-3H3. The third-order valence-electron chi connectivity index (χ3n) is 3.35. The molecular formula is C16H19NO2. The fourth-order valence-electron chi connectivity index (χ4n) is 2.30. The van der Waals surface area contributed by atoms with Gasteiger partial charge < -0.3 is 4.74 Å². The van der Waals surface area contributed by atoms with Crippen molar-refractivity contribution in [1.82, 2.24) is 4.57 Å². The molecule has 3 rings (SSSR count). The molecule has 3 nitrogen and oxygen atoms in total. The minimum atomic E-state index is -0.471. The molecule has 3 heteroatoms. The Hall–Kier alpha value is -1.77. The van der Waals surface area contributed by atoms with Crippen molar-refractivity contribution in [1.29, 1.82) is 0 Å². The smallest absolute Gasteiger partial charge is 0.418 e. The second-order valence-corrected chi connectivity index (χ2v) is 6.26. The zero-order chi connectivity index (χ0) is 13.6. The maximum atomic E-state index is 12.1. The quantitative estimate of drug-likeness (QED) is 0.762. The van der Waals surface area contributed by atoms with Crippen LogP contribution in [0.25, 0.3) is 10.9 Å². The van der Waals surface area contributed by atoms with Crippen LogP contribution in [0.1, 0.15) is 45.1 Å². The van der Waals surface area contributed by atoms with Gasteiger partial charge in [0, 0.05) is 11.6 Å². The monoisotopic (exact) mass is 257 g/mol. The lowest BCUT2D eigenvalue weighted by Crippen LogP contribution is -2.26. The van der Waals surface area contributed by atoms with Crippen LogP contribution < -0.4 is 0 Å². The van der Waals surface area contributed by atoms with Crippen LogP contribution in [0.5, 0.6) is 0 Å². The highest BCUT2D eigenvalue weighted by Crippen LogP contribution is 2.40. The van der Waals surface area contributed by atoms with Crippen LogP contribution in [-0.2, 0) is 4.74 Å². The Morgan fingerprint density at radius 2 is 2.00 bits per heavy atom. The summed E-state index contributed by atoms with van der Waals surface area (Å²) >= 11 is 0. The Kier molecular flexibility index (Phi) is 2.66. The zero-order valence-corrected chi connectivity index (χ0v) is 11.6. The normalized spacial score (nSPS) is 15.7. The summed E-state index contributed by atoms with van der Waals surface area (Å²) in [5.41, 5.74) is 1.83. The van der Waals surface area contributed by atoms with E-state index in [0.717, 1.165) is 16.8 Å². The highest BCUT2D eigenvalue weighted by Gasteiger charge is 2.24. The zero-order valence-electron chi connectivity index (χ0n) is 11.6. The molecule has 0 spiro atoms. The van der Waals surface area contributed by atoms with Crippen molar-refractivity contribution in [3.8, 4) is 0 Å². The van der Waals surface area contributed by atoms with Gasteiger partial charge in [0.1, 0.15) is 5.60 Å². The fourth-order valence-corrected chi connectivity index (χ4v) is 2.30. The summed E-state index contributed by atoms with van der Waals surface area (Å²) in [6, 6.07) is 8.31. The van der Waals surface area contributed by atoms with Crippen LogP contribution in [0.3, 0.4) is 0 Å². The molecule has 0 aliphatic heterocycles. The van der Waals surface area contributed by atoms with E-state index < -0.39 is 5.60 Å². The summed E-state index contributed by atoms with van der Waals surface area (Å²) in [6.07, 6.45) is 4.05. The number of nitrogens with zero attached hydrogens (tertiary/aromatic N) is 1.